The summed E-state index contributed by atoms with van der Waals surface area (Å²) in [6, 6.07) is 14.4. The summed E-state index contributed by atoms with van der Waals surface area (Å²) in [7, 11) is 3.13. The zero-order valence-corrected chi connectivity index (χ0v) is 18.9. The summed E-state index contributed by atoms with van der Waals surface area (Å²) in [6.45, 7) is 1.99. The minimum absolute atomic E-state index is 0.0717. The van der Waals surface area contributed by atoms with Crippen LogP contribution >= 0.6 is 0 Å². The largest absolute Gasteiger partial charge is 0.493 e. The highest BCUT2D eigenvalue weighted by molar-refractivity contribution is 6.07. The molecule has 7 heteroatoms. The van der Waals surface area contributed by atoms with E-state index in [9.17, 15) is 14.4 Å². The van der Waals surface area contributed by atoms with Crippen LogP contribution < -0.4 is 20.3 Å². The van der Waals surface area contributed by atoms with Crippen LogP contribution in [0.2, 0.25) is 0 Å². The average Bonchev–Trinajstić information content (AvgIpc) is 2.83. The molecular formula is C26H26N2O5. The van der Waals surface area contributed by atoms with E-state index in [0.29, 0.717) is 34.9 Å². The number of carbonyl (C=O) groups is 2. The Morgan fingerprint density at radius 2 is 1.79 bits per heavy atom. The molecule has 1 aromatic heterocycles. The number of aromatic amines is 1. The molecule has 0 saturated carbocycles. The molecule has 1 amide bonds. The third-order valence-corrected chi connectivity index (χ3v) is 6.08. The molecule has 1 aliphatic carbocycles. The molecule has 0 aliphatic heterocycles. The van der Waals surface area contributed by atoms with Crippen molar-refractivity contribution in [3.63, 3.8) is 0 Å². The molecule has 1 unspecified atom stereocenters. The van der Waals surface area contributed by atoms with Crippen LogP contribution in [0.5, 0.6) is 11.5 Å². The number of Topliss-reactive ketones (excluding diaryl/α,β-unsaturated/α-hetero) is 1. The van der Waals surface area contributed by atoms with Gasteiger partial charge in [0.25, 0.3) is 11.5 Å². The summed E-state index contributed by atoms with van der Waals surface area (Å²) < 4.78 is 10.7. The van der Waals surface area contributed by atoms with E-state index in [2.05, 4.69) is 10.3 Å². The molecule has 1 aliphatic rings. The number of rotatable bonds is 6. The van der Waals surface area contributed by atoms with Gasteiger partial charge in [-0.1, -0.05) is 31.2 Å². The Kier molecular flexibility index (Phi) is 6.31. The average molecular weight is 447 g/mol. The lowest BCUT2D eigenvalue weighted by Crippen LogP contribution is -2.29. The summed E-state index contributed by atoms with van der Waals surface area (Å²) in [5.74, 6) is 0.431. The number of para-hydroxylation sites is 1. The van der Waals surface area contributed by atoms with Gasteiger partial charge in [-0.15, -0.1) is 0 Å². The Bertz CT molecular complexity index is 1280. The maximum atomic E-state index is 13.0. The van der Waals surface area contributed by atoms with Gasteiger partial charge in [0.15, 0.2) is 17.3 Å². The van der Waals surface area contributed by atoms with E-state index >= 15 is 0 Å². The number of H-pyrrole nitrogens is 1. The number of carbonyl (C=O) groups excluding carboxylic acids is 2. The summed E-state index contributed by atoms with van der Waals surface area (Å²) >= 11 is 0. The second-order valence-corrected chi connectivity index (χ2v) is 8.01. The highest BCUT2D eigenvalue weighted by atomic mass is 16.5. The highest BCUT2D eigenvalue weighted by Crippen LogP contribution is 2.36. The lowest BCUT2D eigenvalue weighted by molar-refractivity contribution is 0.0963. The first-order valence-electron chi connectivity index (χ1n) is 10.9. The normalized spacial score (nSPS) is 15.0. The summed E-state index contributed by atoms with van der Waals surface area (Å²) in [5.41, 5.74) is 2.89. The molecular weight excluding hydrogens is 420 g/mol. The molecule has 7 nitrogen and oxygen atoms in total. The number of ether oxygens (including phenoxy) is 2. The fourth-order valence-electron chi connectivity index (χ4n) is 4.28. The maximum absolute atomic E-state index is 13.0. The van der Waals surface area contributed by atoms with E-state index in [0.717, 1.165) is 17.5 Å². The van der Waals surface area contributed by atoms with Gasteiger partial charge in [-0.25, -0.2) is 0 Å². The van der Waals surface area contributed by atoms with Crippen LogP contribution in [-0.4, -0.2) is 30.9 Å². The molecule has 0 bridgehead atoms. The fourth-order valence-corrected chi connectivity index (χ4v) is 4.28. The Morgan fingerprint density at radius 1 is 1.03 bits per heavy atom. The first-order valence-corrected chi connectivity index (χ1v) is 10.9. The second-order valence-electron chi connectivity index (χ2n) is 8.01. The first-order chi connectivity index (χ1) is 15.9. The standard InChI is InChI=1S/C26H26N2O5/c1-4-15-7-5-6-8-20(15)27-25(30)19-14-18-21(28-26(19)31)11-17(12-22(18)29)16-9-10-23(32-2)24(13-16)33-3/h5-10,13-14,17H,4,11-12H2,1-3H3,(H,27,30)(H,28,31). The Hall–Kier alpha value is -3.87. The number of methoxy groups -OCH3 is 2. The molecule has 0 spiro atoms. The van der Waals surface area contributed by atoms with Crippen molar-refractivity contribution in [3.05, 3.63) is 86.8 Å². The van der Waals surface area contributed by atoms with E-state index in [1.807, 2.05) is 37.3 Å². The van der Waals surface area contributed by atoms with Gasteiger partial charge in [0, 0.05) is 23.4 Å². The van der Waals surface area contributed by atoms with Gasteiger partial charge in [0.1, 0.15) is 5.56 Å². The molecule has 33 heavy (non-hydrogen) atoms. The van der Waals surface area contributed by atoms with E-state index < -0.39 is 11.5 Å². The molecule has 4 rings (SSSR count). The van der Waals surface area contributed by atoms with Gasteiger partial charge in [-0.3, -0.25) is 14.4 Å². The fraction of sp³-hybridized carbons (Fsp3) is 0.269. The smallest absolute Gasteiger partial charge is 0.261 e. The van der Waals surface area contributed by atoms with Crippen molar-refractivity contribution in [2.75, 3.05) is 19.5 Å². The van der Waals surface area contributed by atoms with Crippen molar-refractivity contribution in [2.24, 2.45) is 0 Å². The molecule has 1 atom stereocenters. The molecule has 0 fully saturated rings. The number of ketones is 1. The first kappa shape index (κ1) is 22.3. The molecule has 170 valence electrons. The number of pyridine rings is 1. The monoisotopic (exact) mass is 446 g/mol. The van der Waals surface area contributed by atoms with Gasteiger partial charge >= 0.3 is 0 Å². The van der Waals surface area contributed by atoms with Gasteiger partial charge in [-0.2, -0.15) is 0 Å². The Balaban J connectivity index is 1.62. The van der Waals surface area contributed by atoms with E-state index in [-0.39, 0.29) is 23.7 Å². The van der Waals surface area contributed by atoms with Crippen molar-refractivity contribution < 1.29 is 19.1 Å². The van der Waals surface area contributed by atoms with Gasteiger partial charge in [-0.05, 0) is 54.2 Å². The van der Waals surface area contributed by atoms with Crippen LogP contribution in [0, 0.1) is 0 Å². The van der Waals surface area contributed by atoms with E-state index in [1.54, 1.807) is 26.4 Å². The predicted molar refractivity (Wildman–Crippen MR) is 126 cm³/mol. The van der Waals surface area contributed by atoms with Crippen molar-refractivity contribution in [1.82, 2.24) is 4.98 Å². The molecule has 3 aromatic rings. The Morgan fingerprint density at radius 3 is 2.52 bits per heavy atom. The van der Waals surface area contributed by atoms with Crippen molar-refractivity contribution in [1.29, 1.82) is 0 Å². The van der Waals surface area contributed by atoms with Crippen LogP contribution in [0.3, 0.4) is 0 Å². The molecule has 2 aromatic carbocycles. The third kappa shape index (κ3) is 4.39. The van der Waals surface area contributed by atoms with Crippen LogP contribution in [-0.2, 0) is 12.8 Å². The number of fused-ring (bicyclic) bond motifs is 1. The number of benzene rings is 2. The van der Waals surface area contributed by atoms with Crippen LogP contribution in [0.25, 0.3) is 0 Å². The van der Waals surface area contributed by atoms with Crippen LogP contribution in [0.4, 0.5) is 5.69 Å². The summed E-state index contributed by atoms with van der Waals surface area (Å²) in [6.07, 6.45) is 1.49. The number of hydrogen-bond acceptors (Lipinski definition) is 5. The number of amides is 1. The minimum atomic E-state index is -0.533. The predicted octanol–water partition coefficient (Wildman–Crippen LogP) is 4.12. The number of anilines is 1. The molecule has 0 radical (unpaired) electrons. The zero-order chi connectivity index (χ0) is 23.5. The highest BCUT2D eigenvalue weighted by Gasteiger charge is 2.29. The SMILES string of the molecule is CCc1ccccc1NC(=O)c1cc2c([nH]c1=O)CC(c1ccc(OC)c(OC)c1)CC2=O. The number of hydrogen-bond donors (Lipinski definition) is 2. The molecule has 1 heterocycles. The maximum Gasteiger partial charge on any atom is 0.261 e. The third-order valence-electron chi connectivity index (χ3n) is 6.08. The number of aromatic nitrogens is 1. The topological polar surface area (TPSA) is 97.5 Å². The van der Waals surface area contributed by atoms with Crippen molar-refractivity contribution >= 4 is 17.4 Å². The summed E-state index contributed by atoms with van der Waals surface area (Å²) in [5, 5.41) is 2.80. The number of aryl methyl sites for hydroxylation is 1. The quantitative estimate of drug-likeness (QED) is 0.594. The van der Waals surface area contributed by atoms with Gasteiger partial charge in [0.2, 0.25) is 0 Å². The van der Waals surface area contributed by atoms with Crippen molar-refractivity contribution in [3.8, 4) is 11.5 Å². The molecule has 0 saturated heterocycles. The zero-order valence-electron chi connectivity index (χ0n) is 18.9. The van der Waals surface area contributed by atoms with E-state index in [1.165, 1.54) is 6.07 Å². The van der Waals surface area contributed by atoms with Crippen LogP contribution in [0.1, 0.15) is 56.8 Å². The van der Waals surface area contributed by atoms with Crippen LogP contribution in [0.15, 0.2) is 53.3 Å². The molecule has 2 N–H and O–H groups in total. The lowest BCUT2D eigenvalue weighted by Gasteiger charge is -2.24. The van der Waals surface area contributed by atoms with Crippen molar-refractivity contribution in [2.45, 2.75) is 32.1 Å². The number of nitrogens with one attached hydrogen (secondary N) is 2. The summed E-state index contributed by atoms with van der Waals surface area (Å²) in [4.78, 5) is 41.4. The minimum Gasteiger partial charge on any atom is -0.493 e. The van der Waals surface area contributed by atoms with Gasteiger partial charge < -0.3 is 19.8 Å². The van der Waals surface area contributed by atoms with Gasteiger partial charge in [0.05, 0.1) is 14.2 Å². The lowest BCUT2D eigenvalue weighted by atomic mass is 9.81. The second kappa shape index (κ2) is 9.32. The Labute approximate surface area is 191 Å². The van der Waals surface area contributed by atoms with E-state index in [4.69, 9.17) is 9.47 Å².